The van der Waals surface area contributed by atoms with Gasteiger partial charge in [-0.15, -0.1) is 0 Å². The van der Waals surface area contributed by atoms with Gasteiger partial charge < -0.3 is 4.74 Å². The highest BCUT2D eigenvalue weighted by Gasteiger charge is 2.45. The van der Waals surface area contributed by atoms with Gasteiger partial charge in [-0.3, -0.25) is 0 Å². The third kappa shape index (κ3) is 2.66. The molecule has 108 valence electrons. The van der Waals surface area contributed by atoms with Crippen molar-refractivity contribution >= 4 is 6.09 Å². The Morgan fingerprint density at radius 3 is 2.65 bits per heavy atom. The summed E-state index contributed by atoms with van der Waals surface area (Å²) in [7, 11) is 0. The molecule has 1 aromatic rings. The Morgan fingerprint density at radius 2 is 1.90 bits per heavy atom. The van der Waals surface area contributed by atoms with Gasteiger partial charge >= 0.3 is 6.09 Å². The maximum Gasteiger partial charge on any atom is 0.425 e. The molecule has 1 aromatic carbocycles. The van der Waals surface area contributed by atoms with Crippen LogP contribution in [0.1, 0.15) is 44.1 Å². The first-order valence-corrected chi connectivity index (χ1v) is 7.55. The predicted molar refractivity (Wildman–Crippen MR) is 76.9 cm³/mol. The zero-order chi connectivity index (χ0) is 13.8. The average molecular weight is 274 g/mol. The van der Waals surface area contributed by atoms with Crippen molar-refractivity contribution in [2.24, 2.45) is 0 Å². The SMILES string of the molecule is O=C(OCc1ccccc1)N1NCCC12CCCCC2. The number of nitrogens with zero attached hydrogens (tertiary/aromatic N) is 1. The Labute approximate surface area is 120 Å². The Morgan fingerprint density at radius 1 is 1.15 bits per heavy atom. The van der Waals surface area contributed by atoms with Crippen molar-refractivity contribution in [1.82, 2.24) is 10.4 Å². The second-order valence-electron chi connectivity index (χ2n) is 5.82. The van der Waals surface area contributed by atoms with Gasteiger partial charge in [-0.05, 0) is 24.8 Å². The summed E-state index contributed by atoms with van der Waals surface area (Å²) in [6, 6.07) is 9.83. The second kappa shape index (κ2) is 5.83. The van der Waals surface area contributed by atoms with Gasteiger partial charge in [-0.1, -0.05) is 49.6 Å². The Hall–Kier alpha value is -1.55. The number of rotatable bonds is 2. The van der Waals surface area contributed by atoms with Crippen LogP contribution in [-0.2, 0) is 11.3 Å². The van der Waals surface area contributed by atoms with Crippen molar-refractivity contribution in [2.45, 2.75) is 50.7 Å². The number of ether oxygens (including phenoxy) is 1. The number of hydrazine groups is 1. The topological polar surface area (TPSA) is 41.6 Å². The lowest BCUT2D eigenvalue weighted by atomic mass is 9.80. The normalized spacial score (nSPS) is 21.1. The minimum absolute atomic E-state index is 0.00597. The molecule has 1 heterocycles. The van der Waals surface area contributed by atoms with E-state index in [9.17, 15) is 4.79 Å². The summed E-state index contributed by atoms with van der Waals surface area (Å²) in [5, 5.41) is 1.77. The smallest absolute Gasteiger partial charge is 0.425 e. The second-order valence-corrected chi connectivity index (χ2v) is 5.82. The van der Waals surface area contributed by atoms with Crippen molar-refractivity contribution in [3.05, 3.63) is 35.9 Å². The summed E-state index contributed by atoms with van der Waals surface area (Å²) >= 11 is 0. The van der Waals surface area contributed by atoms with Crippen LogP contribution < -0.4 is 5.43 Å². The molecule has 1 saturated carbocycles. The molecule has 1 saturated heterocycles. The Balaban J connectivity index is 1.61. The molecular formula is C16H22N2O2. The van der Waals surface area contributed by atoms with Gasteiger partial charge in [0, 0.05) is 6.54 Å². The van der Waals surface area contributed by atoms with Gasteiger partial charge in [0.1, 0.15) is 6.61 Å². The van der Waals surface area contributed by atoms with Gasteiger partial charge in [-0.2, -0.15) is 0 Å². The minimum Gasteiger partial charge on any atom is -0.444 e. The number of amides is 1. The van der Waals surface area contributed by atoms with Gasteiger partial charge in [0.2, 0.25) is 0 Å². The van der Waals surface area contributed by atoms with Gasteiger partial charge in [0.15, 0.2) is 0 Å². The fourth-order valence-corrected chi connectivity index (χ4v) is 3.41. The minimum atomic E-state index is -0.228. The van der Waals surface area contributed by atoms with E-state index in [2.05, 4.69) is 5.43 Å². The first kappa shape index (κ1) is 13.4. The Bertz CT molecular complexity index is 455. The number of hydrogen-bond donors (Lipinski definition) is 1. The highest BCUT2D eigenvalue weighted by molar-refractivity contribution is 5.68. The fraction of sp³-hybridized carbons (Fsp3) is 0.562. The molecule has 20 heavy (non-hydrogen) atoms. The molecular weight excluding hydrogens is 252 g/mol. The number of carbonyl (C=O) groups is 1. The van der Waals surface area contributed by atoms with Crippen molar-refractivity contribution in [3.63, 3.8) is 0 Å². The van der Waals surface area contributed by atoms with Crippen LogP contribution in [0.2, 0.25) is 0 Å². The van der Waals surface area contributed by atoms with Crippen molar-refractivity contribution < 1.29 is 9.53 Å². The lowest BCUT2D eigenvalue weighted by Crippen LogP contribution is -2.52. The van der Waals surface area contributed by atoms with E-state index in [1.54, 1.807) is 5.01 Å². The summed E-state index contributed by atoms with van der Waals surface area (Å²) in [6.45, 7) is 1.22. The lowest BCUT2D eigenvalue weighted by molar-refractivity contribution is 0.0282. The van der Waals surface area contributed by atoms with Crippen LogP contribution >= 0.6 is 0 Å². The molecule has 0 bridgehead atoms. The maximum atomic E-state index is 12.3. The first-order valence-electron chi connectivity index (χ1n) is 7.55. The van der Waals surface area contributed by atoms with Crippen LogP contribution in [0.4, 0.5) is 4.79 Å². The van der Waals surface area contributed by atoms with Crippen LogP contribution in [0.25, 0.3) is 0 Å². The molecule has 1 spiro atoms. The molecule has 0 radical (unpaired) electrons. The molecule has 2 aliphatic rings. The molecule has 2 fully saturated rings. The van der Waals surface area contributed by atoms with Gasteiger partial charge in [0.05, 0.1) is 5.54 Å². The molecule has 0 aromatic heterocycles. The largest absolute Gasteiger partial charge is 0.444 e. The number of carbonyl (C=O) groups excluding carboxylic acids is 1. The van der Waals surface area contributed by atoms with E-state index < -0.39 is 0 Å². The van der Waals surface area contributed by atoms with E-state index in [1.165, 1.54) is 19.3 Å². The van der Waals surface area contributed by atoms with E-state index in [4.69, 9.17) is 4.74 Å². The summed E-state index contributed by atoms with van der Waals surface area (Å²) in [5.74, 6) is 0. The standard InChI is InChI=1S/C16H22N2O2/c19-15(20-13-14-7-3-1-4-8-14)18-16(11-12-17-18)9-5-2-6-10-16/h1,3-4,7-8,17H,2,5-6,9-13H2. The quantitative estimate of drug-likeness (QED) is 0.900. The predicted octanol–water partition coefficient (Wildman–Crippen LogP) is 3.24. The van der Waals surface area contributed by atoms with Crippen LogP contribution in [0.3, 0.4) is 0 Å². The third-order valence-electron chi connectivity index (χ3n) is 4.51. The maximum absolute atomic E-state index is 12.3. The zero-order valence-electron chi connectivity index (χ0n) is 11.8. The molecule has 4 nitrogen and oxygen atoms in total. The van der Waals surface area contributed by atoms with E-state index in [0.717, 1.165) is 31.4 Å². The molecule has 0 unspecified atom stereocenters. The van der Waals surface area contributed by atoms with Crippen molar-refractivity contribution in [2.75, 3.05) is 6.54 Å². The summed E-state index contributed by atoms with van der Waals surface area (Å²) in [4.78, 5) is 12.3. The van der Waals surface area contributed by atoms with Crippen LogP contribution in [0, 0.1) is 0 Å². The van der Waals surface area contributed by atoms with Crippen molar-refractivity contribution in [3.8, 4) is 0 Å². The van der Waals surface area contributed by atoms with Crippen LogP contribution in [-0.4, -0.2) is 23.2 Å². The Kier molecular flexibility index (Phi) is 3.92. The summed E-state index contributed by atoms with van der Waals surface area (Å²) < 4.78 is 5.46. The summed E-state index contributed by atoms with van der Waals surface area (Å²) in [6.07, 6.45) is 6.73. The van der Waals surface area contributed by atoms with Crippen LogP contribution in [0.15, 0.2) is 30.3 Å². The molecule has 1 aliphatic heterocycles. The van der Waals surface area contributed by atoms with E-state index >= 15 is 0 Å². The zero-order valence-corrected chi connectivity index (χ0v) is 11.8. The van der Waals surface area contributed by atoms with E-state index in [1.807, 2.05) is 30.3 Å². The third-order valence-corrected chi connectivity index (χ3v) is 4.51. The summed E-state index contributed by atoms with van der Waals surface area (Å²) in [5.41, 5.74) is 4.24. The fourth-order valence-electron chi connectivity index (χ4n) is 3.41. The molecule has 1 aliphatic carbocycles. The highest BCUT2D eigenvalue weighted by atomic mass is 16.6. The number of nitrogens with one attached hydrogen (secondary N) is 1. The van der Waals surface area contributed by atoms with Crippen LogP contribution in [0.5, 0.6) is 0 Å². The molecule has 4 heteroatoms. The average Bonchev–Trinajstić information content (AvgIpc) is 2.90. The monoisotopic (exact) mass is 274 g/mol. The number of hydrogen-bond acceptors (Lipinski definition) is 3. The van der Waals surface area contributed by atoms with Gasteiger partial charge in [-0.25, -0.2) is 15.2 Å². The van der Waals surface area contributed by atoms with E-state index in [-0.39, 0.29) is 11.6 Å². The number of benzene rings is 1. The molecule has 3 rings (SSSR count). The van der Waals surface area contributed by atoms with E-state index in [0.29, 0.717) is 6.61 Å². The molecule has 1 N–H and O–H groups in total. The molecule has 0 atom stereocenters. The van der Waals surface area contributed by atoms with Crippen molar-refractivity contribution in [1.29, 1.82) is 0 Å². The highest BCUT2D eigenvalue weighted by Crippen LogP contribution is 2.38. The molecule has 1 amide bonds. The first-order chi connectivity index (χ1) is 9.80. The van der Waals surface area contributed by atoms with Gasteiger partial charge in [0.25, 0.3) is 0 Å². The lowest BCUT2D eigenvalue weighted by Gasteiger charge is -2.39.